The number of nitrogens with zero attached hydrogens (tertiary/aromatic N) is 1. The molecule has 0 heterocycles. The summed E-state index contributed by atoms with van der Waals surface area (Å²) in [5.41, 5.74) is 0. The number of hydrogen-bond acceptors (Lipinski definition) is 8. The fourth-order valence-electron chi connectivity index (χ4n) is 4.96. The molecule has 0 aliphatic rings. The Morgan fingerprint density at radius 3 is 1.69 bits per heavy atom. The van der Waals surface area contributed by atoms with Crippen LogP contribution in [-0.2, 0) is 32.7 Å². The van der Waals surface area contributed by atoms with Gasteiger partial charge in [0, 0.05) is 12.8 Å². The van der Waals surface area contributed by atoms with Crippen LogP contribution in [0.1, 0.15) is 149 Å². The summed E-state index contributed by atoms with van der Waals surface area (Å²) in [6.07, 6.45) is 37.1. The number of ether oxygens (including phenoxy) is 2. The van der Waals surface area contributed by atoms with Gasteiger partial charge in [0.05, 0.1) is 27.7 Å². The third-order valence-corrected chi connectivity index (χ3v) is 9.05. The number of rotatable bonds is 35. The lowest BCUT2D eigenvalue weighted by atomic mass is 10.1. The van der Waals surface area contributed by atoms with E-state index in [4.69, 9.17) is 18.5 Å². The van der Waals surface area contributed by atoms with Crippen LogP contribution in [-0.4, -0.2) is 70.0 Å². The van der Waals surface area contributed by atoms with Gasteiger partial charge in [-0.15, -0.1) is 0 Å². The normalized spacial score (nSPS) is 14.2. The molecular weight excluding hydrogens is 665 g/mol. The number of hydrogen-bond donors (Lipinski definition) is 0. The second-order valence-corrected chi connectivity index (χ2v) is 15.7. The molecule has 51 heavy (non-hydrogen) atoms. The van der Waals surface area contributed by atoms with E-state index in [9.17, 15) is 19.0 Å². The number of likely N-dealkylation sites (N-methyl/N-ethyl adjacent to an activating group) is 1. The van der Waals surface area contributed by atoms with E-state index in [1.165, 1.54) is 19.3 Å². The highest BCUT2D eigenvalue weighted by Gasteiger charge is 2.21. The SMILES string of the molecule is CC/C=C\C/C=C\C/C=C\CCCCCCCC(=O)OC[C@H](COP(=O)([O-])OCC[N+](C)(C)C)OC(=O)CCCCCCC/C=C\CCCCC. The lowest BCUT2D eigenvalue weighted by molar-refractivity contribution is -0.870. The molecule has 0 spiro atoms. The van der Waals surface area contributed by atoms with Gasteiger partial charge in [0.25, 0.3) is 7.82 Å². The van der Waals surface area contributed by atoms with E-state index in [1.807, 2.05) is 21.1 Å². The number of unbranched alkanes of at least 4 members (excludes halogenated alkanes) is 13. The number of allylic oxidation sites excluding steroid dienone is 8. The molecule has 0 aromatic heterocycles. The second kappa shape index (κ2) is 33.8. The third-order valence-electron chi connectivity index (χ3n) is 8.08. The fraction of sp³-hybridized carbons (Fsp3) is 0.756. The van der Waals surface area contributed by atoms with Gasteiger partial charge in [0.1, 0.15) is 19.8 Å². The average Bonchev–Trinajstić information content (AvgIpc) is 3.07. The van der Waals surface area contributed by atoms with E-state index in [-0.39, 0.29) is 26.1 Å². The van der Waals surface area contributed by atoms with Gasteiger partial charge >= 0.3 is 11.9 Å². The number of phosphoric ester groups is 1. The van der Waals surface area contributed by atoms with Gasteiger partial charge in [0.2, 0.25) is 0 Å². The van der Waals surface area contributed by atoms with Crippen molar-refractivity contribution >= 4 is 19.8 Å². The maximum Gasteiger partial charge on any atom is 0.306 e. The minimum absolute atomic E-state index is 0.0370. The van der Waals surface area contributed by atoms with Crippen LogP contribution in [0.25, 0.3) is 0 Å². The Bertz CT molecular complexity index is 1020. The van der Waals surface area contributed by atoms with Crippen LogP contribution in [0.3, 0.4) is 0 Å². The molecule has 0 aliphatic carbocycles. The molecule has 0 amide bonds. The van der Waals surface area contributed by atoms with Crippen LogP contribution in [0.15, 0.2) is 48.6 Å². The van der Waals surface area contributed by atoms with Crippen molar-refractivity contribution in [3.8, 4) is 0 Å². The highest BCUT2D eigenvalue weighted by atomic mass is 31.2. The Balaban J connectivity index is 4.46. The number of quaternary nitrogens is 1. The zero-order valence-corrected chi connectivity index (χ0v) is 33.9. The molecule has 0 N–H and O–H groups in total. The monoisotopic (exact) mass is 740 g/mol. The summed E-state index contributed by atoms with van der Waals surface area (Å²) in [7, 11) is 1.14. The molecule has 0 radical (unpaired) electrons. The van der Waals surface area contributed by atoms with Crippen molar-refractivity contribution in [2.75, 3.05) is 47.5 Å². The molecule has 0 saturated carbocycles. The van der Waals surface area contributed by atoms with Crippen molar-refractivity contribution in [1.82, 2.24) is 0 Å². The first kappa shape index (κ1) is 49.0. The van der Waals surface area contributed by atoms with Gasteiger partial charge in [-0.1, -0.05) is 114 Å². The topological polar surface area (TPSA) is 111 Å². The molecule has 9 nitrogen and oxygen atoms in total. The molecule has 0 aromatic rings. The molecule has 0 fully saturated rings. The van der Waals surface area contributed by atoms with E-state index in [1.54, 1.807) is 0 Å². The van der Waals surface area contributed by atoms with Crippen molar-refractivity contribution in [2.45, 2.75) is 155 Å². The fourth-order valence-corrected chi connectivity index (χ4v) is 5.68. The van der Waals surface area contributed by atoms with Crippen LogP contribution >= 0.6 is 7.82 Å². The van der Waals surface area contributed by atoms with Crippen LogP contribution in [0, 0.1) is 0 Å². The lowest BCUT2D eigenvalue weighted by Gasteiger charge is -2.28. The van der Waals surface area contributed by atoms with Crippen molar-refractivity contribution < 1.29 is 42.1 Å². The molecular formula is C41H74NO8P. The van der Waals surface area contributed by atoms with Crippen molar-refractivity contribution in [3.63, 3.8) is 0 Å². The standard InChI is InChI=1S/C41H74NO8P/c1-6-8-10-12-14-16-18-20-21-22-24-25-27-29-31-33-40(43)47-37-39(38-49-51(45,46)48-36-35-42(3,4)5)50-41(44)34-32-30-28-26-23-19-17-15-13-11-9-7-2/h8,10,14-17,20-21,39H,6-7,9,11-13,18-19,22-38H2,1-5H3/b10-8-,16-14-,17-15-,21-20-/t39-/m1/s1. The zero-order chi connectivity index (χ0) is 37.9. The van der Waals surface area contributed by atoms with Gasteiger partial charge in [-0.25, -0.2) is 0 Å². The molecule has 0 rings (SSSR count). The predicted molar refractivity (Wildman–Crippen MR) is 208 cm³/mol. The minimum Gasteiger partial charge on any atom is -0.756 e. The second-order valence-electron chi connectivity index (χ2n) is 14.3. The average molecular weight is 740 g/mol. The highest BCUT2D eigenvalue weighted by molar-refractivity contribution is 7.45. The molecule has 0 aliphatic heterocycles. The smallest absolute Gasteiger partial charge is 0.306 e. The molecule has 0 bridgehead atoms. The van der Waals surface area contributed by atoms with Crippen LogP contribution in [0.4, 0.5) is 0 Å². The Kier molecular flexibility index (Phi) is 32.4. The summed E-state index contributed by atoms with van der Waals surface area (Å²) in [5, 5.41) is 0. The summed E-state index contributed by atoms with van der Waals surface area (Å²) in [6.45, 7) is 4.03. The zero-order valence-electron chi connectivity index (χ0n) is 33.0. The van der Waals surface area contributed by atoms with E-state index in [0.29, 0.717) is 23.9 Å². The van der Waals surface area contributed by atoms with Crippen LogP contribution in [0.2, 0.25) is 0 Å². The number of phosphoric acid groups is 1. The quantitative estimate of drug-likeness (QED) is 0.0208. The number of carbonyl (C=O) groups excluding carboxylic acids is 2. The van der Waals surface area contributed by atoms with Crippen molar-refractivity contribution in [3.05, 3.63) is 48.6 Å². The van der Waals surface area contributed by atoms with Crippen LogP contribution in [0.5, 0.6) is 0 Å². The Morgan fingerprint density at radius 1 is 0.627 bits per heavy atom. The first-order chi connectivity index (χ1) is 24.5. The van der Waals surface area contributed by atoms with Crippen LogP contribution < -0.4 is 4.89 Å². The van der Waals surface area contributed by atoms with E-state index in [2.05, 4.69) is 62.5 Å². The maximum absolute atomic E-state index is 12.6. The Labute approximate surface area is 312 Å². The van der Waals surface area contributed by atoms with E-state index < -0.39 is 32.5 Å². The first-order valence-electron chi connectivity index (χ1n) is 19.8. The Hall–Kier alpha value is -2.03. The number of esters is 2. The van der Waals surface area contributed by atoms with Gasteiger partial charge in [0.15, 0.2) is 6.10 Å². The van der Waals surface area contributed by atoms with Crippen molar-refractivity contribution in [2.24, 2.45) is 0 Å². The molecule has 0 aromatic carbocycles. The summed E-state index contributed by atoms with van der Waals surface area (Å²) < 4.78 is 33.7. The Morgan fingerprint density at radius 2 is 1.12 bits per heavy atom. The molecule has 296 valence electrons. The summed E-state index contributed by atoms with van der Waals surface area (Å²) >= 11 is 0. The first-order valence-corrected chi connectivity index (χ1v) is 21.3. The number of carbonyl (C=O) groups is 2. The summed E-state index contributed by atoms with van der Waals surface area (Å²) in [4.78, 5) is 37.4. The summed E-state index contributed by atoms with van der Waals surface area (Å²) in [5.74, 6) is -0.870. The lowest BCUT2D eigenvalue weighted by Crippen LogP contribution is -2.37. The van der Waals surface area contributed by atoms with Gasteiger partial charge in [-0.05, 0) is 70.6 Å². The van der Waals surface area contributed by atoms with E-state index in [0.717, 1.165) is 89.9 Å². The minimum atomic E-state index is -4.63. The molecule has 1 unspecified atom stereocenters. The maximum atomic E-state index is 12.6. The molecule has 2 atom stereocenters. The largest absolute Gasteiger partial charge is 0.756 e. The molecule has 10 heteroatoms. The van der Waals surface area contributed by atoms with Crippen molar-refractivity contribution in [1.29, 1.82) is 0 Å². The van der Waals surface area contributed by atoms with Gasteiger partial charge < -0.3 is 27.9 Å². The highest BCUT2D eigenvalue weighted by Crippen LogP contribution is 2.38. The van der Waals surface area contributed by atoms with Gasteiger partial charge in [-0.2, -0.15) is 0 Å². The third kappa shape index (κ3) is 37.5. The van der Waals surface area contributed by atoms with Gasteiger partial charge in [-0.3, -0.25) is 14.2 Å². The summed E-state index contributed by atoms with van der Waals surface area (Å²) in [6, 6.07) is 0. The molecule has 0 saturated heterocycles. The van der Waals surface area contributed by atoms with E-state index >= 15 is 0 Å². The predicted octanol–water partition coefficient (Wildman–Crippen LogP) is 10.1.